The van der Waals surface area contributed by atoms with Crippen LogP contribution in [0.2, 0.25) is 0 Å². The third kappa shape index (κ3) is 6.53. The number of pyridine rings is 1. The maximum absolute atomic E-state index is 12.9. The number of amides is 1. The highest BCUT2D eigenvalue weighted by Crippen LogP contribution is 2.48. The Kier molecular flexibility index (Phi) is 8.48. The molecule has 0 radical (unpaired) electrons. The molecule has 0 saturated carbocycles. The Hall–Kier alpha value is -3.57. The molecule has 5 aliphatic heterocycles. The lowest BCUT2D eigenvalue weighted by atomic mass is 9.93. The van der Waals surface area contributed by atoms with Crippen molar-refractivity contribution in [3.63, 3.8) is 0 Å². The molecule has 3 aromatic rings. The minimum absolute atomic E-state index is 0.0202. The molecule has 1 unspecified atom stereocenters. The zero-order valence-corrected chi connectivity index (χ0v) is 30.1. The van der Waals surface area contributed by atoms with E-state index < -0.39 is 58.5 Å². The van der Waals surface area contributed by atoms with Crippen molar-refractivity contribution >= 4 is 27.0 Å². The number of carbonyl (C=O) groups excluding carboxylic acids is 1. The number of unbranched alkanes of at least 4 members (excludes halogenated alkanes) is 1. The molecule has 14 nitrogen and oxygen atoms in total. The molecule has 274 valence electrons. The van der Waals surface area contributed by atoms with E-state index in [2.05, 4.69) is 35.0 Å². The van der Waals surface area contributed by atoms with Crippen LogP contribution in [-0.2, 0) is 62.4 Å². The van der Waals surface area contributed by atoms with E-state index in [1.165, 1.54) is 5.56 Å². The van der Waals surface area contributed by atoms with Crippen LogP contribution in [0.4, 0.5) is 0 Å². The van der Waals surface area contributed by atoms with Gasteiger partial charge in [-0.05, 0) is 76.1 Å². The van der Waals surface area contributed by atoms with Gasteiger partial charge in [-0.2, -0.15) is 13.0 Å². The van der Waals surface area contributed by atoms with Crippen LogP contribution in [0.15, 0.2) is 36.5 Å². The summed E-state index contributed by atoms with van der Waals surface area (Å²) in [6, 6.07) is 10.3. The van der Waals surface area contributed by atoms with E-state index in [1.807, 2.05) is 10.8 Å². The van der Waals surface area contributed by atoms with Gasteiger partial charge in [0.2, 0.25) is 24.2 Å². The number of carbonyl (C=O) groups is 1. The summed E-state index contributed by atoms with van der Waals surface area (Å²) in [5.41, 5.74) is 4.49. The molecule has 0 aliphatic carbocycles. The van der Waals surface area contributed by atoms with Crippen LogP contribution >= 0.6 is 0 Å². The van der Waals surface area contributed by atoms with E-state index in [1.54, 1.807) is 34.8 Å². The number of rotatable bonds is 10. The standard InChI is InChI=1S/C36H42N2O12S/c1-34(2)47-30-18-45-36(33(32(30)48-34)49-35(3,4)50-36)19-46-51(40,41)37-31(39)9-7-6-8-23-25-17-38-13-12-22-15-28-29(44-20-43-28)16-24(22)26(38)14-21(25)10-11-27(23)42-5/h10-11,14-17,30,32-33H,6-9,12-13,18-20H2,1-5H3/p+1/t30-,32-,33?,36+/m1/s1. The van der Waals surface area contributed by atoms with Crippen molar-refractivity contribution in [2.45, 2.75) is 102 Å². The maximum Gasteiger partial charge on any atom is 0.362 e. The third-order valence-corrected chi connectivity index (χ3v) is 10.9. The minimum atomic E-state index is -4.49. The average molecular weight is 728 g/mol. The van der Waals surface area contributed by atoms with Gasteiger partial charge >= 0.3 is 10.3 Å². The van der Waals surface area contributed by atoms with Crippen molar-refractivity contribution < 1.29 is 59.9 Å². The number of benzene rings is 2. The second-order valence-corrected chi connectivity index (χ2v) is 15.8. The minimum Gasteiger partial charge on any atom is -0.496 e. The zero-order chi connectivity index (χ0) is 35.8. The first-order chi connectivity index (χ1) is 24.2. The van der Waals surface area contributed by atoms with Crippen molar-refractivity contribution in [2.24, 2.45) is 0 Å². The summed E-state index contributed by atoms with van der Waals surface area (Å²) < 4.78 is 82.4. The van der Waals surface area contributed by atoms with Crippen molar-refractivity contribution in [3.8, 4) is 28.5 Å². The highest BCUT2D eigenvalue weighted by molar-refractivity contribution is 7.85. The number of hydrogen-bond donors (Lipinski definition) is 1. The summed E-state index contributed by atoms with van der Waals surface area (Å²) in [5, 5.41) is 2.13. The molecule has 0 bridgehead atoms. The van der Waals surface area contributed by atoms with Crippen molar-refractivity contribution in [3.05, 3.63) is 47.7 Å². The van der Waals surface area contributed by atoms with Crippen molar-refractivity contribution in [1.29, 1.82) is 0 Å². The highest BCUT2D eigenvalue weighted by atomic mass is 32.2. The van der Waals surface area contributed by atoms with E-state index in [0.29, 0.717) is 19.3 Å². The van der Waals surface area contributed by atoms with Gasteiger partial charge in [0.25, 0.3) is 0 Å². The van der Waals surface area contributed by atoms with Gasteiger partial charge in [-0.3, -0.25) is 4.79 Å². The Morgan fingerprint density at radius 2 is 1.82 bits per heavy atom. The van der Waals surface area contributed by atoms with Crippen LogP contribution in [0.3, 0.4) is 0 Å². The molecule has 1 amide bonds. The molecule has 51 heavy (non-hydrogen) atoms. The molecule has 6 heterocycles. The molecule has 8 rings (SSSR count). The van der Waals surface area contributed by atoms with Crippen LogP contribution in [0.1, 0.15) is 58.1 Å². The predicted octanol–water partition coefficient (Wildman–Crippen LogP) is 3.58. The van der Waals surface area contributed by atoms with Crippen LogP contribution in [0, 0.1) is 0 Å². The fraction of sp³-hybridized carbons (Fsp3) is 0.556. The first-order valence-electron chi connectivity index (χ1n) is 17.3. The summed E-state index contributed by atoms with van der Waals surface area (Å²) in [5.74, 6) is -1.93. The molecule has 5 aliphatic rings. The lowest BCUT2D eigenvalue weighted by Gasteiger charge is -2.40. The lowest BCUT2D eigenvalue weighted by Crippen LogP contribution is -2.60. The quantitative estimate of drug-likeness (QED) is 0.240. The molecule has 15 heteroatoms. The Morgan fingerprint density at radius 1 is 1.02 bits per heavy atom. The van der Waals surface area contributed by atoms with Gasteiger partial charge in [-0.1, -0.05) is 6.07 Å². The number of nitrogens with one attached hydrogen (secondary N) is 1. The van der Waals surface area contributed by atoms with Gasteiger partial charge in [0.1, 0.15) is 30.7 Å². The fourth-order valence-corrected chi connectivity index (χ4v) is 8.61. The number of aromatic nitrogens is 1. The fourth-order valence-electron chi connectivity index (χ4n) is 7.85. The molecule has 1 N–H and O–H groups in total. The smallest absolute Gasteiger partial charge is 0.362 e. The number of fused-ring (bicyclic) bond motifs is 8. The van der Waals surface area contributed by atoms with Gasteiger partial charge in [0.05, 0.1) is 24.7 Å². The van der Waals surface area contributed by atoms with Crippen LogP contribution in [0.25, 0.3) is 22.0 Å². The molecular formula is C36H43N2O12S+. The van der Waals surface area contributed by atoms with Gasteiger partial charge < -0.3 is 37.9 Å². The molecule has 3 fully saturated rings. The van der Waals surface area contributed by atoms with E-state index in [9.17, 15) is 13.2 Å². The Labute approximate surface area is 296 Å². The predicted molar refractivity (Wildman–Crippen MR) is 179 cm³/mol. The number of methoxy groups -OCH3 is 1. The largest absolute Gasteiger partial charge is 0.496 e. The molecule has 3 saturated heterocycles. The summed E-state index contributed by atoms with van der Waals surface area (Å²) in [6.07, 6.45) is 2.89. The monoisotopic (exact) mass is 727 g/mol. The third-order valence-electron chi connectivity index (χ3n) is 9.96. The van der Waals surface area contributed by atoms with Crippen molar-refractivity contribution in [1.82, 2.24) is 4.72 Å². The van der Waals surface area contributed by atoms with E-state index >= 15 is 0 Å². The second kappa shape index (κ2) is 12.5. The topological polar surface area (TPSA) is 150 Å². The Morgan fingerprint density at radius 3 is 2.63 bits per heavy atom. The Bertz CT molecular complexity index is 2000. The van der Waals surface area contributed by atoms with Gasteiger partial charge in [0.15, 0.2) is 35.8 Å². The first-order valence-corrected chi connectivity index (χ1v) is 18.7. The molecule has 2 aromatic carbocycles. The maximum atomic E-state index is 12.9. The number of nitrogens with zero attached hydrogens (tertiary/aromatic N) is 1. The van der Waals surface area contributed by atoms with Gasteiger partial charge in [-0.15, -0.1) is 0 Å². The second-order valence-electron chi connectivity index (χ2n) is 14.5. The highest BCUT2D eigenvalue weighted by Gasteiger charge is 2.66. The molecule has 4 atom stereocenters. The first kappa shape index (κ1) is 34.5. The summed E-state index contributed by atoms with van der Waals surface area (Å²) in [6.45, 7) is 7.54. The van der Waals surface area contributed by atoms with Gasteiger partial charge in [-0.25, -0.2) is 8.91 Å². The van der Waals surface area contributed by atoms with Crippen molar-refractivity contribution in [2.75, 3.05) is 27.1 Å². The van der Waals surface area contributed by atoms with E-state index in [0.717, 1.165) is 57.8 Å². The van der Waals surface area contributed by atoms with Crippen LogP contribution in [0.5, 0.6) is 17.2 Å². The van der Waals surface area contributed by atoms with E-state index in [-0.39, 0.29) is 19.8 Å². The summed E-state index contributed by atoms with van der Waals surface area (Å²) in [7, 11) is -2.85. The Balaban J connectivity index is 0.896. The number of aryl methyl sites for hydroxylation is 3. The lowest BCUT2D eigenvalue weighted by molar-refractivity contribution is -0.686. The summed E-state index contributed by atoms with van der Waals surface area (Å²) >= 11 is 0. The van der Waals surface area contributed by atoms with Crippen LogP contribution in [-0.4, -0.2) is 77.1 Å². The normalized spacial score (nSPS) is 26.6. The van der Waals surface area contributed by atoms with Gasteiger partial charge in [0, 0.05) is 24.5 Å². The summed E-state index contributed by atoms with van der Waals surface area (Å²) in [4.78, 5) is 12.8. The average Bonchev–Trinajstić information content (AvgIpc) is 3.75. The van der Waals surface area contributed by atoms with Crippen LogP contribution < -0.4 is 23.5 Å². The molecule has 0 spiro atoms. The zero-order valence-electron chi connectivity index (χ0n) is 29.3. The SMILES string of the molecule is COc1ccc2cc3[n+](cc2c1CCCCC(=O)NS(=O)(=O)OC[C@@]12OC[C@H]4OC(C)(C)O[C@H]4C1OC(C)(C)O2)CCc1cc2c(cc1-3)OCO2. The van der Waals surface area contributed by atoms with E-state index in [4.69, 9.17) is 42.1 Å². The number of hydrogen-bond acceptors (Lipinski definition) is 12. The molecular weight excluding hydrogens is 684 g/mol. The number of ether oxygens (including phenoxy) is 8. The molecule has 1 aromatic heterocycles.